The number of rotatable bonds is 6. The van der Waals surface area contributed by atoms with Gasteiger partial charge in [-0.15, -0.1) is 0 Å². The van der Waals surface area contributed by atoms with E-state index in [2.05, 4.69) is 10.6 Å². The minimum atomic E-state index is -0.812. The van der Waals surface area contributed by atoms with Gasteiger partial charge in [0.25, 0.3) is 0 Å². The average molecular weight is 390 g/mol. The number of hydrogen-bond donors (Lipinski definition) is 2. The van der Waals surface area contributed by atoms with Crippen molar-refractivity contribution in [3.8, 4) is 11.5 Å². The lowest BCUT2D eigenvalue weighted by atomic mass is 9.94. The van der Waals surface area contributed by atoms with E-state index in [1.807, 2.05) is 32.0 Å². The molecule has 28 heavy (non-hydrogen) atoms. The molecule has 2 N–H and O–H groups in total. The maximum Gasteiger partial charge on any atom is 0.241 e. The molecule has 0 aliphatic carbocycles. The number of fused-ring (bicyclic) bond motifs is 1. The standard InChI is InChI=1S/C21H24F2N2O3/c1-12(2)19(14-7-8-17-18(11-14)28-10-9-27-17)24-13(3)21(26)25-20-15(22)5-4-6-16(20)23/h4-8,11-13,19,24H,9-10H2,1-3H3,(H,25,26)/t13-,19-/m0/s1. The van der Waals surface area contributed by atoms with E-state index in [-0.39, 0.29) is 12.0 Å². The van der Waals surface area contributed by atoms with Gasteiger partial charge in [-0.25, -0.2) is 8.78 Å². The molecule has 2 atom stereocenters. The summed E-state index contributed by atoms with van der Waals surface area (Å²) in [7, 11) is 0. The fraction of sp³-hybridized carbons (Fsp3) is 0.381. The SMILES string of the molecule is CC(C)[C@H](N[C@@H](C)C(=O)Nc1c(F)cccc1F)c1ccc2c(c1)OCCO2. The normalized spacial score (nSPS) is 15.2. The van der Waals surface area contributed by atoms with Crippen molar-refractivity contribution in [3.63, 3.8) is 0 Å². The first-order chi connectivity index (χ1) is 13.4. The topological polar surface area (TPSA) is 59.6 Å². The Bertz CT molecular complexity index is 837. The summed E-state index contributed by atoms with van der Waals surface area (Å²) in [5, 5.41) is 5.57. The zero-order valence-corrected chi connectivity index (χ0v) is 16.1. The molecule has 1 aliphatic rings. The van der Waals surface area contributed by atoms with Gasteiger partial charge >= 0.3 is 0 Å². The monoisotopic (exact) mass is 390 g/mol. The van der Waals surface area contributed by atoms with Gasteiger partial charge in [-0.2, -0.15) is 0 Å². The van der Waals surface area contributed by atoms with Crippen molar-refractivity contribution in [2.24, 2.45) is 5.92 Å². The molecule has 2 aromatic rings. The Kier molecular flexibility index (Phi) is 6.14. The molecule has 5 nitrogen and oxygen atoms in total. The van der Waals surface area contributed by atoms with Crippen LogP contribution in [0.1, 0.15) is 32.4 Å². The van der Waals surface area contributed by atoms with Crippen LogP contribution in [0.2, 0.25) is 0 Å². The van der Waals surface area contributed by atoms with Crippen LogP contribution in [0.5, 0.6) is 11.5 Å². The van der Waals surface area contributed by atoms with Crippen LogP contribution in [0.3, 0.4) is 0 Å². The quantitative estimate of drug-likeness (QED) is 0.781. The van der Waals surface area contributed by atoms with Crippen LogP contribution in [0.15, 0.2) is 36.4 Å². The van der Waals surface area contributed by atoms with Gasteiger partial charge in [0.05, 0.1) is 6.04 Å². The Balaban J connectivity index is 1.74. The molecule has 0 spiro atoms. The van der Waals surface area contributed by atoms with Gasteiger partial charge in [-0.3, -0.25) is 10.1 Å². The van der Waals surface area contributed by atoms with Crippen molar-refractivity contribution in [1.82, 2.24) is 5.32 Å². The van der Waals surface area contributed by atoms with Crippen molar-refractivity contribution in [1.29, 1.82) is 0 Å². The number of nitrogens with one attached hydrogen (secondary N) is 2. The molecule has 0 aromatic heterocycles. The largest absolute Gasteiger partial charge is 0.486 e. The minimum absolute atomic E-state index is 0.156. The van der Waals surface area contributed by atoms with Crippen LogP contribution in [0.25, 0.3) is 0 Å². The highest BCUT2D eigenvalue weighted by Gasteiger charge is 2.24. The summed E-state index contributed by atoms with van der Waals surface area (Å²) in [6.45, 7) is 6.71. The molecule has 2 aromatic carbocycles. The lowest BCUT2D eigenvalue weighted by molar-refractivity contribution is -0.118. The first-order valence-electron chi connectivity index (χ1n) is 9.27. The van der Waals surface area contributed by atoms with Crippen molar-refractivity contribution >= 4 is 11.6 Å². The molecule has 150 valence electrons. The molecule has 0 fully saturated rings. The maximum atomic E-state index is 13.8. The van der Waals surface area contributed by atoms with Crippen molar-refractivity contribution < 1.29 is 23.0 Å². The highest BCUT2D eigenvalue weighted by Crippen LogP contribution is 2.34. The highest BCUT2D eigenvalue weighted by atomic mass is 19.1. The molecular weight excluding hydrogens is 366 g/mol. The lowest BCUT2D eigenvalue weighted by Gasteiger charge is -2.28. The van der Waals surface area contributed by atoms with Crippen LogP contribution >= 0.6 is 0 Å². The number of amides is 1. The van der Waals surface area contributed by atoms with Gasteiger partial charge in [0.15, 0.2) is 11.5 Å². The summed E-state index contributed by atoms with van der Waals surface area (Å²) >= 11 is 0. The molecule has 0 bridgehead atoms. The van der Waals surface area contributed by atoms with Gasteiger partial charge in [0.1, 0.15) is 30.5 Å². The molecule has 0 saturated heterocycles. The molecule has 1 aliphatic heterocycles. The Morgan fingerprint density at radius 2 is 1.64 bits per heavy atom. The Morgan fingerprint density at radius 1 is 1.00 bits per heavy atom. The third kappa shape index (κ3) is 4.42. The van der Waals surface area contributed by atoms with Crippen LogP contribution in [0, 0.1) is 17.6 Å². The number of ether oxygens (including phenoxy) is 2. The number of carbonyl (C=O) groups is 1. The van der Waals surface area contributed by atoms with E-state index in [0.29, 0.717) is 24.7 Å². The second-order valence-electron chi connectivity index (χ2n) is 7.10. The summed E-state index contributed by atoms with van der Waals surface area (Å²) in [5.74, 6) is -0.629. The summed E-state index contributed by atoms with van der Waals surface area (Å²) < 4.78 is 38.8. The van der Waals surface area contributed by atoms with Crippen molar-refractivity contribution in [2.75, 3.05) is 18.5 Å². The predicted octanol–water partition coefficient (Wildman–Crippen LogP) is 4.05. The van der Waals surface area contributed by atoms with E-state index < -0.39 is 29.3 Å². The first kappa shape index (κ1) is 20.1. The van der Waals surface area contributed by atoms with E-state index in [4.69, 9.17) is 9.47 Å². The van der Waals surface area contributed by atoms with Crippen LogP contribution < -0.4 is 20.1 Å². The maximum absolute atomic E-state index is 13.8. The molecule has 0 unspecified atom stereocenters. The summed E-state index contributed by atoms with van der Waals surface area (Å²) in [6, 6.07) is 8.27. The molecule has 0 saturated carbocycles. The third-order valence-corrected chi connectivity index (χ3v) is 4.63. The second kappa shape index (κ2) is 8.56. The van der Waals surface area contributed by atoms with E-state index in [1.54, 1.807) is 6.92 Å². The summed E-state index contributed by atoms with van der Waals surface area (Å²) in [6.07, 6.45) is 0. The third-order valence-electron chi connectivity index (χ3n) is 4.63. The fourth-order valence-corrected chi connectivity index (χ4v) is 3.12. The number of carbonyl (C=O) groups excluding carboxylic acids is 1. The molecule has 7 heteroatoms. The summed E-state index contributed by atoms with van der Waals surface area (Å²) in [5.41, 5.74) is 0.498. The van der Waals surface area contributed by atoms with Gasteiger partial charge < -0.3 is 14.8 Å². The summed E-state index contributed by atoms with van der Waals surface area (Å²) in [4.78, 5) is 12.5. The average Bonchev–Trinajstić information content (AvgIpc) is 2.68. The van der Waals surface area contributed by atoms with Crippen LogP contribution in [0.4, 0.5) is 14.5 Å². The molecule has 3 rings (SSSR count). The molecule has 0 radical (unpaired) electrons. The van der Waals surface area contributed by atoms with E-state index in [1.165, 1.54) is 6.07 Å². The lowest BCUT2D eigenvalue weighted by Crippen LogP contribution is -2.42. The number of benzene rings is 2. The van der Waals surface area contributed by atoms with Crippen molar-refractivity contribution in [3.05, 3.63) is 53.6 Å². The van der Waals surface area contributed by atoms with Crippen LogP contribution in [-0.2, 0) is 4.79 Å². The number of para-hydroxylation sites is 1. The number of anilines is 1. The van der Waals surface area contributed by atoms with Gasteiger partial charge in [-0.05, 0) is 42.7 Å². The van der Waals surface area contributed by atoms with Gasteiger partial charge in [-0.1, -0.05) is 26.0 Å². The highest BCUT2D eigenvalue weighted by molar-refractivity contribution is 5.94. The van der Waals surface area contributed by atoms with Gasteiger partial charge in [0, 0.05) is 6.04 Å². The second-order valence-corrected chi connectivity index (χ2v) is 7.10. The molecule has 1 amide bonds. The van der Waals surface area contributed by atoms with Gasteiger partial charge in [0.2, 0.25) is 5.91 Å². The zero-order chi connectivity index (χ0) is 20.3. The van der Waals surface area contributed by atoms with Crippen molar-refractivity contribution in [2.45, 2.75) is 32.9 Å². The van der Waals surface area contributed by atoms with Crippen LogP contribution in [-0.4, -0.2) is 25.2 Å². The number of halogens is 2. The predicted molar refractivity (Wildman–Crippen MR) is 103 cm³/mol. The molecule has 1 heterocycles. The minimum Gasteiger partial charge on any atom is -0.486 e. The van der Waals surface area contributed by atoms with E-state index in [9.17, 15) is 13.6 Å². The smallest absolute Gasteiger partial charge is 0.241 e. The van der Waals surface area contributed by atoms with E-state index >= 15 is 0 Å². The number of hydrogen-bond acceptors (Lipinski definition) is 4. The van der Waals surface area contributed by atoms with E-state index in [0.717, 1.165) is 17.7 Å². The Labute approximate surface area is 163 Å². The fourth-order valence-electron chi connectivity index (χ4n) is 3.12. The zero-order valence-electron chi connectivity index (χ0n) is 16.1. The Hall–Kier alpha value is -2.67. The molecular formula is C21H24F2N2O3. The first-order valence-corrected chi connectivity index (χ1v) is 9.27. The Morgan fingerprint density at radius 3 is 2.29 bits per heavy atom.